The Bertz CT molecular complexity index is 1010. The Labute approximate surface area is 177 Å². The summed E-state index contributed by atoms with van der Waals surface area (Å²) in [5.41, 5.74) is 9.17. The van der Waals surface area contributed by atoms with Crippen molar-refractivity contribution in [3.05, 3.63) is 41.6 Å². The van der Waals surface area contributed by atoms with Gasteiger partial charge in [0.15, 0.2) is 5.65 Å². The zero-order chi connectivity index (χ0) is 21.3. The van der Waals surface area contributed by atoms with E-state index >= 15 is 0 Å². The molecule has 4 rings (SSSR count). The molecule has 0 bridgehead atoms. The summed E-state index contributed by atoms with van der Waals surface area (Å²) < 4.78 is 7.19. The first-order valence-electron chi connectivity index (χ1n) is 10.6. The lowest BCUT2D eigenvalue weighted by molar-refractivity contribution is 0.414. The molecule has 0 saturated carbocycles. The maximum atomic E-state index is 6.09. The lowest BCUT2D eigenvalue weighted by Crippen LogP contribution is -2.40. The third kappa shape index (κ3) is 4.05. The fourth-order valence-electron chi connectivity index (χ4n) is 3.81. The van der Waals surface area contributed by atoms with E-state index in [2.05, 4.69) is 42.2 Å². The van der Waals surface area contributed by atoms with Gasteiger partial charge in [-0.3, -0.25) is 0 Å². The lowest BCUT2D eigenvalue weighted by Gasteiger charge is -2.30. The van der Waals surface area contributed by atoms with Crippen LogP contribution in [0.3, 0.4) is 0 Å². The van der Waals surface area contributed by atoms with E-state index in [1.54, 1.807) is 7.11 Å². The minimum atomic E-state index is 0.0209. The Morgan fingerprint density at radius 3 is 2.63 bits per heavy atom. The molecule has 160 valence electrons. The maximum Gasteiger partial charge on any atom is 0.230 e. The maximum absolute atomic E-state index is 6.09. The number of piperidine rings is 1. The van der Waals surface area contributed by atoms with Gasteiger partial charge < -0.3 is 20.7 Å². The van der Waals surface area contributed by atoms with Crippen LogP contribution in [0.1, 0.15) is 56.7 Å². The third-order valence-corrected chi connectivity index (χ3v) is 5.77. The lowest BCUT2D eigenvalue weighted by atomic mass is 10.1. The van der Waals surface area contributed by atoms with Crippen LogP contribution in [0.2, 0.25) is 0 Å². The van der Waals surface area contributed by atoms with Crippen molar-refractivity contribution < 1.29 is 4.74 Å². The second kappa shape index (κ2) is 8.47. The molecule has 30 heavy (non-hydrogen) atoms. The molecule has 1 aliphatic rings. The first-order chi connectivity index (χ1) is 14.5. The van der Waals surface area contributed by atoms with Crippen LogP contribution in [0, 0.1) is 0 Å². The topological polar surface area (TPSA) is 93.6 Å². The van der Waals surface area contributed by atoms with Gasteiger partial charge in [-0.05, 0) is 43.4 Å². The fraction of sp³-hybridized carbons (Fsp3) is 0.500. The Morgan fingerprint density at radius 2 is 1.93 bits per heavy atom. The highest BCUT2D eigenvalue weighted by atomic mass is 16.5. The van der Waals surface area contributed by atoms with Gasteiger partial charge in [0.25, 0.3) is 0 Å². The molecule has 1 fully saturated rings. The Kier molecular flexibility index (Phi) is 5.76. The monoisotopic (exact) mass is 409 g/mol. The number of nitrogens with two attached hydrogens (primary N) is 1. The van der Waals surface area contributed by atoms with Crippen LogP contribution in [0.5, 0.6) is 5.75 Å². The highest BCUT2D eigenvalue weighted by Crippen LogP contribution is 2.27. The minimum Gasteiger partial charge on any atom is -0.497 e. The summed E-state index contributed by atoms with van der Waals surface area (Å²) in [6.45, 7) is 8.16. The molecule has 8 nitrogen and oxygen atoms in total. The molecule has 3 aromatic rings. The van der Waals surface area contributed by atoms with Crippen LogP contribution >= 0.6 is 0 Å². The van der Waals surface area contributed by atoms with Crippen molar-refractivity contribution >= 4 is 17.5 Å². The zero-order valence-electron chi connectivity index (χ0n) is 18.2. The van der Waals surface area contributed by atoms with Gasteiger partial charge in [-0.15, -0.1) is 0 Å². The van der Waals surface area contributed by atoms with Crippen LogP contribution in [0.15, 0.2) is 30.5 Å². The summed E-state index contributed by atoms with van der Waals surface area (Å²) in [6, 6.07) is 8.33. The summed E-state index contributed by atoms with van der Waals surface area (Å²) in [6.07, 6.45) is 3.80. The molecule has 3 N–H and O–H groups in total. The molecular weight excluding hydrogens is 378 g/mol. The largest absolute Gasteiger partial charge is 0.497 e. The van der Waals surface area contributed by atoms with Crippen molar-refractivity contribution in [2.75, 3.05) is 30.4 Å². The Balaban J connectivity index is 1.71. The Hall–Kier alpha value is -2.87. The average molecular weight is 410 g/mol. The van der Waals surface area contributed by atoms with Crippen LogP contribution in [0.25, 0.3) is 5.65 Å². The normalized spacial score (nSPS) is 16.3. The van der Waals surface area contributed by atoms with E-state index in [4.69, 9.17) is 20.4 Å². The van der Waals surface area contributed by atoms with Gasteiger partial charge in [-0.2, -0.15) is 19.6 Å². The second-order valence-corrected chi connectivity index (χ2v) is 8.30. The van der Waals surface area contributed by atoms with Gasteiger partial charge in [0.2, 0.25) is 11.9 Å². The third-order valence-electron chi connectivity index (χ3n) is 5.77. The predicted molar refractivity (Wildman–Crippen MR) is 119 cm³/mol. The molecule has 0 amide bonds. The summed E-state index contributed by atoms with van der Waals surface area (Å²) >= 11 is 0. The molecule has 1 saturated heterocycles. The van der Waals surface area contributed by atoms with E-state index in [1.165, 1.54) is 0 Å². The van der Waals surface area contributed by atoms with Gasteiger partial charge in [0.05, 0.1) is 19.3 Å². The average Bonchev–Trinajstić information content (AvgIpc) is 3.19. The minimum absolute atomic E-state index is 0.0209. The van der Waals surface area contributed by atoms with Gasteiger partial charge >= 0.3 is 0 Å². The first-order valence-corrected chi connectivity index (χ1v) is 10.6. The van der Waals surface area contributed by atoms with Gasteiger partial charge in [-0.1, -0.05) is 26.0 Å². The summed E-state index contributed by atoms with van der Waals surface area (Å²) in [5.74, 6) is 2.58. The first kappa shape index (κ1) is 20.4. The molecular formula is C22H31N7O. The molecule has 0 spiro atoms. The number of aromatic nitrogens is 4. The highest BCUT2D eigenvalue weighted by Gasteiger charge is 2.22. The standard InChI is InChI=1S/C22H31N7O/c1-14(2)19-13-24-29-20(19)26-21(28-10-8-17(23)9-11-28)27-22(29)25-15(3)16-6-5-7-18(12-16)30-4/h5-7,12-15,17H,8-11,23H2,1-4H3,(H,25,26,27)/t15-/m0/s1. The van der Waals surface area contributed by atoms with Crippen molar-refractivity contribution in [1.82, 2.24) is 19.6 Å². The smallest absolute Gasteiger partial charge is 0.230 e. The summed E-state index contributed by atoms with van der Waals surface area (Å²) in [7, 11) is 1.68. The van der Waals surface area contributed by atoms with E-state index in [-0.39, 0.29) is 12.1 Å². The molecule has 1 aliphatic heterocycles. The van der Waals surface area contributed by atoms with Crippen LogP contribution in [0.4, 0.5) is 11.9 Å². The second-order valence-electron chi connectivity index (χ2n) is 8.30. The van der Waals surface area contributed by atoms with Gasteiger partial charge in [0, 0.05) is 24.7 Å². The zero-order valence-corrected chi connectivity index (χ0v) is 18.2. The molecule has 1 aromatic carbocycles. The van der Waals surface area contributed by atoms with E-state index in [9.17, 15) is 0 Å². The fourth-order valence-corrected chi connectivity index (χ4v) is 3.81. The number of rotatable bonds is 6. The van der Waals surface area contributed by atoms with Crippen molar-refractivity contribution in [1.29, 1.82) is 0 Å². The molecule has 1 atom stereocenters. The van der Waals surface area contributed by atoms with Gasteiger partial charge in [-0.25, -0.2) is 0 Å². The van der Waals surface area contributed by atoms with Crippen molar-refractivity contribution in [2.24, 2.45) is 5.73 Å². The molecule has 8 heteroatoms. The number of benzene rings is 1. The number of nitrogens with one attached hydrogen (secondary N) is 1. The number of hydrogen-bond acceptors (Lipinski definition) is 7. The van der Waals surface area contributed by atoms with Crippen LogP contribution in [-0.2, 0) is 0 Å². The molecule has 2 aromatic heterocycles. The number of anilines is 2. The molecule has 0 aliphatic carbocycles. The number of fused-ring (bicyclic) bond motifs is 1. The number of methoxy groups -OCH3 is 1. The van der Waals surface area contributed by atoms with E-state index < -0.39 is 0 Å². The van der Waals surface area contributed by atoms with Crippen LogP contribution < -0.4 is 20.7 Å². The predicted octanol–water partition coefficient (Wildman–Crippen LogP) is 3.36. The van der Waals surface area contributed by atoms with E-state index in [1.807, 2.05) is 28.9 Å². The van der Waals surface area contributed by atoms with E-state index in [0.717, 1.165) is 54.4 Å². The quantitative estimate of drug-likeness (QED) is 0.645. The van der Waals surface area contributed by atoms with Gasteiger partial charge in [0.1, 0.15) is 5.75 Å². The number of nitrogens with zero attached hydrogens (tertiary/aromatic N) is 5. The summed E-state index contributed by atoms with van der Waals surface area (Å²) in [5, 5.41) is 8.12. The summed E-state index contributed by atoms with van der Waals surface area (Å²) in [4.78, 5) is 12.0. The van der Waals surface area contributed by atoms with Crippen LogP contribution in [-0.4, -0.2) is 45.8 Å². The van der Waals surface area contributed by atoms with Crippen molar-refractivity contribution in [3.63, 3.8) is 0 Å². The van der Waals surface area contributed by atoms with Crippen molar-refractivity contribution in [2.45, 2.75) is 51.6 Å². The molecule has 0 radical (unpaired) electrons. The molecule has 0 unspecified atom stereocenters. The molecule has 3 heterocycles. The Morgan fingerprint density at radius 1 is 1.17 bits per heavy atom. The van der Waals surface area contributed by atoms with Crippen molar-refractivity contribution in [3.8, 4) is 5.75 Å². The number of hydrogen-bond donors (Lipinski definition) is 2. The SMILES string of the molecule is COc1cccc([C@H](C)Nc2nc(N3CCC(N)CC3)nc3c(C(C)C)cnn23)c1. The number of ether oxygens (including phenoxy) is 1. The van der Waals surface area contributed by atoms with E-state index in [0.29, 0.717) is 11.9 Å². The highest BCUT2D eigenvalue weighted by molar-refractivity contribution is 5.56.